The Morgan fingerprint density at radius 2 is 2.13 bits per heavy atom. The van der Waals surface area contributed by atoms with Crippen LogP contribution in [0.1, 0.15) is 6.92 Å². The molecule has 2 rings (SSSR count). The van der Waals surface area contributed by atoms with E-state index in [0.717, 1.165) is 5.70 Å². The highest BCUT2D eigenvalue weighted by Gasteiger charge is 2.15. The van der Waals surface area contributed by atoms with Gasteiger partial charge in [0.1, 0.15) is 0 Å². The van der Waals surface area contributed by atoms with Gasteiger partial charge in [-0.1, -0.05) is 42.6 Å². The van der Waals surface area contributed by atoms with Gasteiger partial charge >= 0.3 is 0 Å². The van der Waals surface area contributed by atoms with Gasteiger partial charge in [0.05, 0.1) is 11.4 Å². The molecule has 0 fully saturated rings. The predicted octanol–water partition coefficient (Wildman–Crippen LogP) is 4.18. The minimum absolute atomic E-state index is 1.12. The lowest BCUT2D eigenvalue weighted by molar-refractivity contribution is 1.33. The van der Waals surface area contributed by atoms with Crippen LogP contribution in [0.2, 0.25) is 0 Å². The first-order valence-corrected chi connectivity index (χ1v) is 5.70. The summed E-state index contributed by atoms with van der Waals surface area (Å²) in [6.45, 7) is 5.78. The maximum atomic E-state index is 3.73. The Balaban J connectivity index is 2.44. The summed E-state index contributed by atoms with van der Waals surface area (Å²) in [6.07, 6.45) is 5.92. The molecule has 0 bridgehead atoms. The van der Waals surface area contributed by atoms with Gasteiger partial charge in [-0.25, -0.2) is 0 Å². The Labute approximate surface area is 94.6 Å². The van der Waals surface area contributed by atoms with E-state index in [9.17, 15) is 0 Å². The Hall–Kier alpha value is -1.41. The molecule has 1 N–H and O–H groups in total. The fraction of sp³-hybridized carbons (Fsp3) is 0.0769. The fourth-order valence-corrected chi connectivity index (χ4v) is 2.45. The van der Waals surface area contributed by atoms with E-state index in [4.69, 9.17) is 0 Å². The minimum atomic E-state index is 1.12. The van der Waals surface area contributed by atoms with Crippen molar-refractivity contribution in [3.63, 3.8) is 0 Å². The van der Waals surface area contributed by atoms with Gasteiger partial charge in [-0.2, -0.15) is 0 Å². The molecule has 0 spiro atoms. The second kappa shape index (κ2) is 4.41. The molecule has 0 unspecified atom stereocenters. The molecule has 2 heteroatoms. The summed E-state index contributed by atoms with van der Waals surface area (Å²) in [5.41, 5.74) is 2.29. The number of nitrogens with one attached hydrogen (secondary N) is 1. The van der Waals surface area contributed by atoms with Crippen LogP contribution in [0.25, 0.3) is 0 Å². The molecule has 1 aliphatic heterocycles. The molecule has 0 aliphatic carbocycles. The van der Waals surface area contributed by atoms with Crippen LogP contribution in [0.3, 0.4) is 0 Å². The molecule has 0 radical (unpaired) electrons. The molecule has 1 heterocycles. The average Bonchev–Trinajstić information content (AvgIpc) is 2.28. The standard InChI is InChI=1S/C13H13NS/c1-3-7-10-12(4-2)15-13-9-6-5-8-11(13)14-10/h3-9,14H,1H2,2H3/b10-7+,12-4+. The smallest absolute Gasteiger partial charge is 0.0526 e. The fourth-order valence-electron chi connectivity index (χ4n) is 1.50. The van der Waals surface area contributed by atoms with E-state index in [2.05, 4.69) is 43.1 Å². The molecule has 15 heavy (non-hydrogen) atoms. The molecule has 1 nitrogen and oxygen atoms in total. The third-order valence-electron chi connectivity index (χ3n) is 2.19. The van der Waals surface area contributed by atoms with Crippen molar-refractivity contribution in [1.29, 1.82) is 0 Å². The first kappa shape index (κ1) is 10.1. The molecule has 0 atom stereocenters. The van der Waals surface area contributed by atoms with Crippen molar-refractivity contribution in [1.82, 2.24) is 0 Å². The lowest BCUT2D eigenvalue weighted by Crippen LogP contribution is -2.06. The Morgan fingerprint density at radius 1 is 1.33 bits per heavy atom. The van der Waals surface area contributed by atoms with Crippen molar-refractivity contribution < 1.29 is 0 Å². The quantitative estimate of drug-likeness (QED) is 0.754. The number of benzene rings is 1. The number of thioether (sulfide) groups is 1. The molecular formula is C13H13NS. The van der Waals surface area contributed by atoms with Crippen molar-refractivity contribution in [2.45, 2.75) is 11.8 Å². The van der Waals surface area contributed by atoms with Crippen LogP contribution in [-0.4, -0.2) is 0 Å². The number of allylic oxidation sites excluding steroid dienone is 3. The molecule has 0 amide bonds. The number of anilines is 1. The zero-order valence-corrected chi connectivity index (χ0v) is 9.47. The molecular weight excluding hydrogens is 202 g/mol. The van der Waals surface area contributed by atoms with Crippen molar-refractivity contribution >= 4 is 17.4 Å². The normalized spacial score (nSPS) is 19.8. The molecule has 0 saturated heterocycles. The number of hydrogen-bond acceptors (Lipinski definition) is 2. The van der Waals surface area contributed by atoms with E-state index in [0.29, 0.717) is 0 Å². The van der Waals surface area contributed by atoms with Gasteiger partial charge in [0.2, 0.25) is 0 Å². The van der Waals surface area contributed by atoms with Gasteiger partial charge in [0.15, 0.2) is 0 Å². The van der Waals surface area contributed by atoms with Crippen molar-refractivity contribution in [2.24, 2.45) is 0 Å². The molecule has 1 aliphatic rings. The third-order valence-corrected chi connectivity index (χ3v) is 3.44. The molecule has 76 valence electrons. The number of rotatable bonds is 1. The summed E-state index contributed by atoms with van der Waals surface area (Å²) in [5, 5.41) is 3.40. The zero-order valence-electron chi connectivity index (χ0n) is 8.66. The maximum Gasteiger partial charge on any atom is 0.0526 e. The average molecular weight is 215 g/mol. The SMILES string of the molecule is C=C/C=C1/Nc2ccccc2S/C1=C/C. The van der Waals surface area contributed by atoms with Crippen LogP contribution in [0, 0.1) is 0 Å². The molecule has 0 aromatic heterocycles. The lowest BCUT2D eigenvalue weighted by Gasteiger charge is -2.22. The third kappa shape index (κ3) is 2.00. The molecule has 1 aromatic rings. The summed E-state index contributed by atoms with van der Waals surface area (Å²) >= 11 is 1.79. The van der Waals surface area contributed by atoms with Crippen LogP contribution in [0.4, 0.5) is 5.69 Å². The summed E-state index contributed by atoms with van der Waals surface area (Å²) in [7, 11) is 0. The zero-order chi connectivity index (χ0) is 10.7. The predicted molar refractivity (Wildman–Crippen MR) is 68.0 cm³/mol. The number of fused-ring (bicyclic) bond motifs is 1. The van der Waals surface area contributed by atoms with E-state index >= 15 is 0 Å². The highest BCUT2D eigenvalue weighted by Crippen LogP contribution is 2.41. The van der Waals surface area contributed by atoms with Crippen LogP contribution in [0.5, 0.6) is 0 Å². The van der Waals surface area contributed by atoms with E-state index in [1.54, 1.807) is 17.8 Å². The van der Waals surface area contributed by atoms with Crippen LogP contribution in [0.15, 0.2) is 64.6 Å². The Morgan fingerprint density at radius 3 is 2.87 bits per heavy atom. The molecule has 0 saturated carbocycles. The van der Waals surface area contributed by atoms with Gasteiger partial charge in [0, 0.05) is 9.80 Å². The van der Waals surface area contributed by atoms with Gasteiger partial charge in [0.25, 0.3) is 0 Å². The van der Waals surface area contributed by atoms with E-state index in [1.165, 1.54) is 15.5 Å². The molecule has 1 aromatic carbocycles. The van der Waals surface area contributed by atoms with E-state index in [1.807, 2.05) is 12.1 Å². The Bertz CT molecular complexity index is 444. The van der Waals surface area contributed by atoms with Crippen molar-refractivity contribution in [3.05, 3.63) is 59.7 Å². The van der Waals surface area contributed by atoms with Crippen LogP contribution < -0.4 is 5.32 Å². The minimum Gasteiger partial charge on any atom is -0.354 e. The number of hydrogen-bond donors (Lipinski definition) is 1. The maximum absolute atomic E-state index is 3.73. The highest BCUT2D eigenvalue weighted by atomic mass is 32.2. The van der Waals surface area contributed by atoms with E-state index in [-0.39, 0.29) is 0 Å². The highest BCUT2D eigenvalue weighted by molar-refractivity contribution is 8.03. The van der Waals surface area contributed by atoms with Crippen molar-refractivity contribution in [3.8, 4) is 0 Å². The number of para-hydroxylation sites is 1. The van der Waals surface area contributed by atoms with Gasteiger partial charge < -0.3 is 5.32 Å². The van der Waals surface area contributed by atoms with Crippen molar-refractivity contribution in [2.75, 3.05) is 5.32 Å². The van der Waals surface area contributed by atoms with Gasteiger partial charge in [-0.05, 0) is 25.1 Å². The van der Waals surface area contributed by atoms with E-state index < -0.39 is 0 Å². The first-order chi connectivity index (χ1) is 7.35. The summed E-state index contributed by atoms with van der Waals surface area (Å²) in [4.78, 5) is 2.51. The summed E-state index contributed by atoms with van der Waals surface area (Å²) in [5.74, 6) is 0. The Kier molecular flexibility index (Phi) is 2.97. The second-order valence-electron chi connectivity index (χ2n) is 3.19. The monoisotopic (exact) mass is 215 g/mol. The van der Waals surface area contributed by atoms with Crippen LogP contribution >= 0.6 is 11.8 Å². The summed E-state index contributed by atoms with van der Waals surface area (Å²) < 4.78 is 0. The largest absolute Gasteiger partial charge is 0.354 e. The van der Waals surface area contributed by atoms with Gasteiger partial charge in [-0.3, -0.25) is 0 Å². The summed E-state index contributed by atoms with van der Waals surface area (Å²) in [6, 6.07) is 8.31. The van der Waals surface area contributed by atoms with Crippen LogP contribution in [-0.2, 0) is 0 Å². The topological polar surface area (TPSA) is 12.0 Å². The second-order valence-corrected chi connectivity index (χ2v) is 4.28. The first-order valence-electron chi connectivity index (χ1n) is 4.88. The van der Waals surface area contributed by atoms with Gasteiger partial charge in [-0.15, -0.1) is 0 Å². The lowest BCUT2D eigenvalue weighted by atomic mass is 10.2.